The van der Waals surface area contributed by atoms with Crippen LogP contribution in [0.5, 0.6) is 0 Å². The Bertz CT molecular complexity index is 190. The molecular formula is C12H22O2. The van der Waals surface area contributed by atoms with Crippen LogP contribution >= 0.6 is 0 Å². The van der Waals surface area contributed by atoms with Crippen molar-refractivity contribution < 1.29 is 9.53 Å². The maximum Gasteiger partial charge on any atom is 0.302 e. The summed E-state index contributed by atoms with van der Waals surface area (Å²) >= 11 is 0. The Balaban J connectivity index is 3.41. The van der Waals surface area contributed by atoms with Crippen LogP contribution in [0.25, 0.3) is 0 Å². The lowest BCUT2D eigenvalue weighted by atomic mass is 10.0. The van der Waals surface area contributed by atoms with E-state index in [0.717, 1.165) is 12.8 Å². The molecule has 0 fully saturated rings. The van der Waals surface area contributed by atoms with Crippen molar-refractivity contribution in [1.82, 2.24) is 0 Å². The molecule has 0 spiro atoms. The SMILES string of the molecule is CC(=O)OCC[C@@H](C)CCC=C(C)C. The van der Waals surface area contributed by atoms with Gasteiger partial charge in [-0.2, -0.15) is 0 Å². The number of carbonyl (C=O) groups excluding carboxylic acids is 1. The Morgan fingerprint density at radius 1 is 1.29 bits per heavy atom. The summed E-state index contributed by atoms with van der Waals surface area (Å²) < 4.78 is 4.89. The largest absolute Gasteiger partial charge is 0.466 e. The van der Waals surface area contributed by atoms with Crippen molar-refractivity contribution in [2.24, 2.45) is 5.92 Å². The molecule has 0 aliphatic carbocycles. The molecule has 0 heterocycles. The summed E-state index contributed by atoms with van der Waals surface area (Å²) in [5.74, 6) is 0.450. The monoisotopic (exact) mass is 198 g/mol. The highest BCUT2D eigenvalue weighted by molar-refractivity contribution is 5.65. The third-order valence-electron chi connectivity index (χ3n) is 2.13. The van der Waals surface area contributed by atoms with Gasteiger partial charge in [0.1, 0.15) is 0 Å². The first-order chi connectivity index (χ1) is 6.52. The Kier molecular flexibility index (Phi) is 7.17. The van der Waals surface area contributed by atoms with E-state index < -0.39 is 0 Å². The van der Waals surface area contributed by atoms with Gasteiger partial charge in [-0.05, 0) is 39.0 Å². The first kappa shape index (κ1) is 13.2. The van der Waals surface area contributed by atoms with Crippen LogP contribution in [-0.2, 0) is 9.53 Å². The van der Waals surface area contributed by atoms with Crippen LogP contribution in [0, 0.1) is 5.92 Å². The fraction of sp³-hybridized carbons (Fsp3) is 0.750. The molecule has 0 bridgehead atoms. The highest BCUT2D eigenvalue weighted by Crippen LogP contribution is 2.11. The molecule has 0 aromatic carbocycles. The molecule has 2 heteroatoms. The molecule has 14 heavy (non-hydrogen) atoms. The van der Waals surface area contributed by atoms with E-state index in [1.165, 1.54) is 18.9 Å². The second kappa shape index (κ2) is 7.60. The van der Waals surface area contributed by atoms with Gasteiger partial charge < -0.3 is 4.74 Å². The Hall–Kier alpha value is -0.790. The molecule has 0 aliphatic heterocycles. The summed E-state index contributed by atoms with van der Waals surface area (Å²) in [6.45, 7) is 8.44. The third kappa shape index (κ3) is 9.30. The maximum absolute atomic E-state index is 10.5. The molecule has 0 saturated carbocycles. The average Bonchev–Trinajstić information content (AvgIpc) is 2.02. The molecule has 1 atom stereocenters. The Morgan fingerprint density at radius 2 is 1.93 bits per heavy atom. The van der Waals surface area contributed by atoms with E-state index in [1.807, 2.05) is 0 Å². The van der Waals surface area contributed by atoms with Gasteiger partial charge >= 0.3 is 5.97 Å². The molecule has 0 rings (SSSR count). The number of esters is 1. The minimum Gasteiger partial charge on any atom is -0.466 e. The van der Waals surface area contributed by atoms with E-state index >= 15 is 0 Å². The van der Waals surface area contributed by atoms with E-state index in [0.29, 0.717) is 12.5 Å². The molecule has 0 N–H and O–H groups in total. The number of ether oxygens (including phenoxy) is 1. The van der Waals surface area contributed by atoms with Crippen molar-refractivity contribution in [3.05, 3.63) is 11.6 Å². The normalized spacial score (nSPS) is 12.0. The number of allylic oxidation sites excluding steroid dienone is 2. The number of hydrogen-bond donors (Lipinski definition) is 0. The Labute approximate surface area is 87.3 Å². The van der Waals surface area contributed by atoms with Crippen molar-refractivity contribution in [3.63, 3.8) is 0 Å². The predicted octanol–water partition coefficient (Wildman–Crippen LogP) is 3.32. The van der Waals surface area contributed by atoms with Gasteiger partial charge in [0.2, 0.25) is 0 Å². The summed E-state index contributed by atoms with van der Waals surface area (Å²) in [5, 5.41) is 0. The van der Waals surface area contributed by atoms with Crippen LogP contribution in [0.3, 0.4) is 0 Å². The lowest BCUT2D eigenvalue weighted by molar-refractivity contribution is -0.141. The summed E-state index contributed by atoms with van der Waals surface area (Å²) in [5.41, 5.74) is 1.37. The molecule has 0 aromatic rings. The first-order valence-electron chi connectivity index (χ1n) is 5.29. The van der Waals surface area contributed by atoms with Gasteiger partial charge in [0.25, 0.3) is 0 Å². The lowest BCUT2D eigenvalue weighted by Gasteiger charge is -2.09. The molecule has 0 aromatic heterocycles. The summed E-state index contributed by atoms with van der Waals surface area (Å²) in [6, 6.07) is 0. The van der Waals surface area contributed by atoms with Gasteiger partial charge in [0.15, 0.2) is 0 Å². The highest BCUT2D eigenvalue weighted by atomic mass is 16.5. The van der Waals surface area contributed by atoms with Gasteiger partial charge in [-0.15, -0.1) is 0 Å². The number of hydrogen-bond acceptors (Lipinski definition) is 2. The van der Waals surface area contributed by atoms with Crippen LogP contribution in [0.1, 0.15) is 47.0 Å². The fourth-order valence-corrected chi connectivity index (χ4v) is 1.20. The summed E-state index contributed by atoms with van der Waals surface area (Å²) in [6.07, 6.45) is 5.52. The number of carbonyl (C=O) groups is 1. The van der Waals surface area contributed by atoms with E-state index in [-0.39, 0.29) is 5.97 Å². The second-order valence-corrected chi connectivity index (χ2v) is 4.09. The Morgan fingerprint density at radius 3 is 2.43 bits per heavy atom. The molecule has 2 nitrogen and oxygen atoms in total. The van der Waals surface area contributed by atoms with Crippen LogP contribution < -0.4 is 0 Å². The number of rotatable bonds is 6. The van der Waals surface area contributed by atoms with Crippen LogP contribution in [0.15, 0.2) is 11.6 Å². The fourth-order valence-electron chi connectivity index (χ4n) is 1.20. The quantitative estimate of drug-likeness (QED) is 0.483. The predicted molar refractivity (Wildman–Crippen MR) is 59.1 cm³/mol. The van der Waals surface area contributed by atoms with Crippen molar-refractivity contribution in [2.45, 2.75) is 47.0 Å². The minimum atomic E-state index is -0.179. The van der Waals surface area contributed by atoms with Gasteiger partial charge in [-0.3, -0.25) is 4.79 Å². The van der Waals surface area contributed by atoms with Crippen LogP contribution in [0.2, 0.25) is 0 Å². The molecule has 0 unspecified atom stereocenters. The first-order valence-corrected chi connectivity index (χ1v) is 5.29. The van der Waals surface area contributed by atoms with Crippen molar-refractivity contribution in [3.8, 4) is 0 Å². The molecule has 0 aliphatic rings. The van der Waals surface area contributed by atoms with Gasteiger partial charge in [0, 0.05) is 6.92 Å². The summed E-state index contributed by atoms with van der Waals surface area (Å²) in [7, 11) is 0. The summed E-state index contributed by atoms with van der Waals surface area (Å²) in [4.78, 5) is 10.5. The standard InChI is InChI=1S/C12H22O2/c1-10(2)6-5-7-11(3)8-9-14-12(4)13/h6,11H,5,7-9H2,1-4H3/t11-/m0/s1. The van der Waals surface area contributed by atoms with Crippen molar-refractivity contribution in [2.75, 3.05) is 6.61 Å². The molecule has 0 saturated heterocycles. The van der Waals surface area contributed by atoms with Crippen molar-refractivity contribution >= 4 is 5.97 Å². The minimum absolute atomic E-state index is 0.179. The third-order valence-corrected chi connectivity index (χ3v) is 2.13. The van der Waals surface area contributed by atoms with E-state index in [2.05, 4.69) is 26.8 Å². The average molecular weight is 198 g/mol. The van der Waals surface area contributed by atoms with Gasteiger partial charge in [-0.25, -0.2) is 0 Å². The van der Waals surface area contributed by atoms with Gasteiger partial charge in [-0.1, -0.05) is 18.6 Å². The zero-order valence-corrected chi connectivity index (χ0v) is 9.80. The zero-order chi connectivity index (χ0) is 11.0. The van der Waals surface area contributed by atoms with Crippen molar-refractivity contribution in [1.29, 1.82) is 0 Å². The van der Waals surface area contributed by atoms with E-state index in [1.54, 1.807) is 0 Å². The maximum atomic E-state index is 10.5. The zero-order valence-electron chi connectivity index (χ0n) is 9.80. The van der Waals surface area contributed by atoms with Gasteiger partial charge in [0.05, 0.1) is 6.61 Å². The highest BCUT2D eigenvalue weighted by Gasteiger charge is 2.01. The van der Waals surface area contributed by atoms with Crippen LogP contribution in [-0.4, -0.2) is 12.6 Å². The van der Waals surface area contributed by atoms with E-state index in [9.17, 15) is 4.79 Å². The van der Waals surface area contributed by atoms with E-state index in [4.69, 9.17) is 4.74 Å². The molecular weight excluding hydrogens is 176 g/mol. The topological polar surface area (TPSA) is 26.3 Å². The smallest absolute Gasteiger partial charge is 0.302 e. The molecule has 0 radical (unpaired) electrons. The lowest BCUT2D eigenvalue weighted by Crippen LogP contribution is -2.05. The molecule has 0 amide bonds. The molecule has 82 valence electrons. The second-order valence-electron chi connectivity index (χ2n) is 4.09. The van der Waals surface area contributed by atoms with Crippen LogP contribution in [0.4, 0.5) is 0 Å².